The second-order valence-electron chi connectivity index (χ2n) is 1.48. The van der Waals surface area contributed by atoms with Crippen LogP contribution in [0.3, 0.4) is 0 Å². The van der Waals surface area contributed by atoms with Gasteiger partial charge in [-0.25, -0.2) is 0 Å². The Kier molecular flexibility index (Phi) is 3.43. The lowest BCUT2D eigenvalue weighted by Gasteiger charge is -2.09. The molecular formula is C5H10O3. The van der Waals surface area contributed by atoms with Gasteiger partial charge < -0.3 is 15.3 Å². The SMILES string of the molecule is C=CC(O)C(O)CO. The molecule has 0 saturated carbocycles. The summed E-state index contributed by atoms with van der Waals surface area (Å²) in [5.74, 6) is 0. The molecule has 0 fully saturated rings. The maximum absolute atomic E-state index is 8.60. The Morgan fingerprint density at radius 2 is 2.00 bits per heavy atom. The van der Waals surface area contributed by atoms with E-state index in [4.69, 9.17) is 15.3 Å². The summed E-state index contributed by atoms with van der Waals surface area (Å²) in [6.07, 6.45) is -0.937. The van der Waals surface area contributed by atoms with Crippen molar-refractivity contribution in [1.29, 1.82) is 0 Å². The highest BCUT2D eigenvalue weighted by molar-refractivity contribution is 4.83. The minimum Gasteiger partial charge on any atom is -0.394 e. The largest absolute Gasteiger partial charge is 0.394 e. The first-order valence-electron chi connectivity index (χ1n) is 2.32. The van der Waals surface area contributed by atoms with Crippen LogP contribution < -0.4 is 0 Å². The fourth-order valence-electron chi connectivity index (χ4n) is 0.265. The van der Waals surface area contributed by atoms with Gasteiger partial charge in [0.05, 0.1) is 12.7 Å². The summed E-state index contributed by atoms with van der Waals surface area (Å²) in [7, 11) is 0. The van der Waals surface area contributed by atoms with Gasteiger partial charge >= 0.3 is 0 Å². The fourth-order valence-corrected chi connectivity index (χ4v) is 0.265. The van der Waals surface area contributed by atoms with Crippen LogP contribution in [0.25, 0.3) is 0 Å². The first-order valence-corrected chi connectivity index (χ1v) is 2.32. The first kappa shape index (κ1) is 7.62. The summed E-state index contributed by atoms with van der Waals surface area (Å²) in [4.78, 5) is 0. The molecule has 0 saturated heterocycles. The van der Waals surface area contributed by atoms with Gasteiger partial charge in [0.2, 0.25) is 0 Å². The molecule has 0 aromatic rings. The van der Waals surface area contributed by atoms with Gasteiger partial charge in [0.25, 0.3) is 0 Å². The minimum absolute atomic E-state index is 0.437. The first-order chi connectivity index (χ1) is 3.72. The zero-order chi connectivity index (χ0) is 6.57. The molecule has 3 heteroatoms. The van der Waals surface area contributed by atoms with Crippen LogP contribution in [-0.2, 0) is 0 Å². The van der Waals surface area contributed by atoms with E-state index >= 15 is 0 Å². The molecule has 0 aliphatic carbocycles. The van der Waals surface area contributed by atoms with Crippen LogP contribution >= 0.6 is 0 Å². The van der Waals surface area contributed by atoms with Gasteiger partial charge in [-0.05, 0) is 0 Å². The van der Waals surface area contributed by atoms with Crippen molar-refractivity contribution in [3.05, 3.63) is 12.7 Å². The van der Waals surface area contributed by atoms with E-state index in [0.29, 0.717) is 0 Å². The van der Waals surface area contributed by atoms with Crippen molar-refractivity contribution in [3.8, 4) is 0 Å². The van der Waals surface area contributed by atoms with E-state index in [1.807, 2.05) is 0 Å². The van der Waals surface area contributed by atoms with E-state index in [0.717, 1.165) is 0 Å². The summed E-state index contributed by atoms with van der Waals surface area (Å²) in [5.41, 5.74) is 0. The highest BCUT2D eigenvalue weighted by Gasteiger charge is 2.09. The van der Waals surface area contributed by atoms with E-state index in [-0.39, 0.29) is 0 Å². The van der Waals surface area contributed by atoms with Crippen molar-refractivity contribution in [1.82, 2.24) is 0 Å². The molecule has 0 amide bonds. The van der Waals surface area contributed by atoms with Crippen molar-refractivity contribution in [3.63, 3.8) is 0 Å². The van der Waals surface area contributed by atoms with Gasteiger partial charge in [-0.3, -0.25) is 0 Å². The van der Waals surface area contributed by atoms with Crippen molar-refractivity contribution in [2.75, 3.05) is 6.61 Å². The van der Waals surface area contributed by atoms with Crippen LogP contribution in [0.4, 0.5) is 0 Å². The average Bonchev–Trinajstić information content (AvgIpc) is 1.84. The fraction of sp³-hybridized carbons (Fsp3) is 0.600. The predicted molar refractivity (Wildman–Crippen MR) is 29.3 cm³/mol. The third-order valence-corrected chi connectivity index (χ3v) is 0.823. The monoisotopic (exact) mass is 118 g/mol. The van der Waals surface area contributed by atoms with E-state index in [9.17, 15) is 0 Å². The van der Waals surface area contributed by atoms with Gasteiger partial charge in [-0.2, -0.15) is 0 Å². The topological polar surface area (TPSA) is 60.7 Å². The summed E-state index contributed by atoms with van der Waals surface area (Å²) in [5, 5.41) is 25.3. The van der Waals surface area contributed by atoms with Crippen LogP contribution in [0.2, 0.25) is 0 Å². The Bertz CT molecular complexity index is 72.1. The number of hydrogen-bond acceptors (Lipinski definition) is 3. The van der Waals surface area contributed by atoms with Crippen molar-refractivity contribution in [2.24, 2.45) is 0 Å². The lowest BCUT2D eigenvalue weighted by Crippen LogP contribution is -2.26. The molecule has 3 N–H and O–H groups in total. The Labute approximate surface area is 47.9 Å². The second-order valence-corrected chi connectivity index (χ2v) is 1.48. The van der Waals surface area contributed by atoms with Gasteiger partial charge in [-0.1, -0.05) is 6.08 Å². The van der Waals surface area contributed by atoms with Crippen molar-refractivity contribution >= 4 is 0 Å². The summed E-state index contributed by atoms with van der Waals surface area (Å²) < 4.78 is 0. The Hall–Kier alpha value is -0.380. The maximum atomic E-state index is 8.60. The van der Waals surface area contributed by atoms with Crippen LogP contribution in [0.1, 0.15) is 0 Å². The zero-order valence-corrected chi connectivity index (χ0v) is 4.49. The van der Waals surface area contributed by atoms with E-state index < -0.39 is 18.8 Å². The Morgan fingerprint density at radius 3 is 2.12 bits per heavy atom. The molecule has 48 valence electrons. The van der Waals surface area contributed by atoms with Crippen LogP contribution in [0.15, 0.2) is 12.7 Å². The van der Waals surface area contributed by atoms with Gasteiger partial charge in [0.15, 0.2) is 0 Å². The Balaban J connectivity index is 3.44. The third kappa shape index (κ3) is 2.07. The summed E-state index contributed by atoms with van der Waals surface area (Å²) in [6, 6.07) is 0. The van der Waals surface area contributed by atoms with Crippen LogP contribution in [0, 0.1) is 0 Å². The highest BCUT2D eigenvalue weighted by atomic mass is 16.4. The molecule has 0 rings (SSSR count). The molecule has 3 nitrogen and oxygen atoms in total. The number of aliphatic hydroxyl groups excluding tert-OH is 3. The maximum Gasteiger partial charge on any atom is 0.106 e. The lowest BCUT2D eigenvalue weighted by molar-refractivity contribution is 0.00964. The highest BCUT2D eigenvalue weighted by Crippen LogP contribution is 1.90. The smallest absolute Gasteiger partial charge is 0.106 e. The predicted octanol–water partition coefficient (Wildman–Crippen LogP) is -1.11. The molecule has 0 bridgehead atoms. The molecule has 0 aliphatic heterocycles. The molecule has 0 spiro atoms. The minimum atomic E-state index is -1.09. The van der Waals surface area contributed by atoms with Crippen LogP contribution in [-0.4, -0.2) is 34.1 Å². The molecule has 2 unspecified atom stereocenters. The standard InChI is InChI=1S/C5H10O3/c1-2-4(7)5(8)3-6/h2,4-8H,1,3H2. The van der Waals surface area contributed by atoms with Crippen molar-refractivity contribution in [2.45, 2.75) is 12.2 Å². The van der Waals surface area contributed by atoms with Gasteiger partial charge in [-0.15, -0.1) is 6.58 Å². The molecule has 2 atom stereocenters. The number of rotatable bonds is 3. The van der Waals surface area contributed by atoms with Gasteiger partial charge in [0.1, 0.15) is 6.10 Å². The number of aliphatic hydroxyl groups is 3. The van der Waals surface area contributed by atoms with Crippen molar-refractivity contribution < 1.29 is 15.3 Å². The average molecular weight is 118 g/mol. The third-order valence-electron chi connectivity index (χ3n) is 0.823. The molecule has 0 aliphatic rings. The molecule has 0 radical (unpaired) electrons. The van der Waals surface area contributed by atoms with E-state index in [1.165, 1.54) is 6.08 Å². The number of hydrogen-bond donors (Lipinski definition) is 3. The summed E-state index contributed by atoms with van der Waals surface area (Å²) >= 11 is 0. The van der Waals surface area contributed by atoms with Crippen LogP contribution in [0.5, 0.6) is 0 Å². The Morgan fingerprint density at radius 1 is 1.50 bits per heavy atom. The zero-order valence-electron chi connectivity index (χ0n) is 4.49. The van der Waals surface area contributed by atoms with E-state index in [1.54, 1.807) is 0 Å². The van der Waals surface area contributed by atoms with Gasteiger partial charge in [0, 0.05) is 0 Å². The molecule has 8 heavy (non-hydrogen) atoms. The summed E-state index contributed by atoms with van der Waals surface area (Å²) in [6.45, 7) is 2.77. The normalized spacial score (nSPS) is 17.4. The quantitative estimate of drug-likeness (QED) is 0.412. The molecule has 0 aromatic heterocycles. The lowest BCUT2D eigenvalue weighted by atomic mass is 10.2. The molecule has 0 heterocycles. The molecular weight excluding hydrogens is 108 g/mol. The molecule has 0 aromatic carbocycles. The van der Waals surface area contributed by atoms with E-state index in [2.05, 4.69) is 6.58 Å². The second kappa shape index (κ2) is 3.60.